The van der Waals surface area contributed by atoms with Gasteiger partial charge in [-0.25, -0.2) is 4.90 Å². The van der Waals surface area contributed by atoms with Crippen molar-refractivity contribution in [1.29, 1.82) is 0 Å². The summed E-state index contributed by atoms with van der Waals surface area (Å²) in [4.78, 5) is 25.3. The fourth-order valence-corrected chi connectivity index (χ4v) is 2.13. The number of carbonyl (C=O) groups is 2. The maximum atomic E-state index is 12.2. The first-order valence-electron chi connectivity index (χ1n) is 5.59. The third kappa shape index (κ3) is 1.63. The van der Waals surface area contributed by atoms with E-state index in [2.05, 4.69) is 0 Å². The molecule has 0 aromatic heterocycles. The SMILES string of the molecule is O=C1c2ccccc2C(=O)N1c1cc(O)cc(O)c1. The van der Waals surface area contributed by atoms with E-state index in [0.29, 0.717) is 11.1 Å². The lowest BCUT2D eigenvalue weighted by Gasteiger charge is -2.14. The standard InChI is InChI=1S/C14H9NO4/c16-9-5-8(6-10(17)7-9)15-13(18)11-3-1-2-4-12(11)14(15)19/h1-7,16-17H. The van der Waals surface area contributed by atoms with Crippen LogP contribution in [0.25, 0.3) is 0 Å². The zero-order chi connectivity index (χ0) is 13.6. The van der Waals surface area contributed by atoms with Crippen molar-refractivity contribution in [2.75, 3.05) is 4.90 Å². The third-order valence-corrected chi connectivity index (χ3v) is 2.94. The van der Waals surface area contributed by atoms with E-state index < -0.39 is 11.8 Å². The molecule has 1 heterocycles. The zero-order valence-corrected chi connectivity index (χ0v) is 9.70. The van der Waals surface area contributed by atoms with Crippen LogP contribution < -0.4 is 4.90 Å². The van der Waals surface area contributed by atoms with Crippen LogP contribution in [0.3, 0.4) is 0 Å². The van der Waals surface area contributed by atoms with Gasteiger partial charge in [0.2, 0.25) is 0 Å². The predicted octanol–water partition coefficient (Wildman–Crippen LogP) is 1.90. The van der Waals surface area contributed by atoms with Crippen molar-refractivity contribution >= 4 is 17.5 Å². The topological polar surface area (TPSA) is 77.8 Å². The van der Waals surface area contributed by atoms with E-state index in [0.717, 1.165) is 11.0 Å². The maximum absolute atomic E-state index is 12.2. The Morgan fingerprint density at radius 3 is 1.74 bits per heavy atom. The van der Waals surface area contributed by atoms with Crippen molar-refractivity contribution < 1.29 is 19.8 Å². The van der Waals surface area contributed by atoms with Crippen molar-refractivity contribution in [1.82, 2.24) is 0 Å². The van der Waals surface area contributed by atoms with Crippen LogP contribution in [-0.2, 0) is 0 Å². The van der Waals surface area contributed by atoms with E-state index in [-0.39, 0.29) is 17.2 Å². The van der Waals surface area contributed by atoms with Crippen LogP contribution >= 0.6 is 0 Å². The predicted molar refractivity (Wildman–Crippen MR) is 67.4 cm³/mol. The molecule has 0 saturated carbocycles. The van der Waals surface area contributed by atoms with Gasteiger partial charge in [0.1, 0.15) is 11.5 Å². The van der Waals surface area contributed by atoms with Crippen LogP contribution in [0.15, 0.2) is 42.5 Å². The number of hydrogen-bond donors (Lipinski definition) is 2. The van der Waals surface area contributed by atoms with Crippen molar-refractivity contribution in [2.24, 2.45) is 0 Å². The molecule has 0 atom stereocenters. The molecule has 3 rings (SSSR count). The Kier molecular flexibility index (Phi) is 2.28. The molecule has 2 N–H and O–H groups in total. The van der Waals surface area contributed by atoms with Crippen LogP contribution in [-0.4, -0.2) is 22.0 Å². The number of hydrogen-bond acceptors (Lipinski definition) is 4. The highest BCUT2D eigenvalue weighted by Gasteiger charge is 2.36. The van der Waals surface area contributed by atoms with Gasteiger partial charge >= 0.3 is 0 Å². The Labute approximate surface area is 108 Å². The Balaban J connectivity index is 2.14. The number of amides is 2. The molecule has 19 heavy (non-hydrogen) atoms. The monoisotopic (exact) mass is 255 g/mol. The number of phenols is 2. The Bertz CT molecular complexity index is 653. The molecule has 5 heteroatoms. The van der Waals surface area contributed by atoms with Gasteiger partial charge in [0.15, 0.2) is 0 Å². The number of fused-ring (bicyclic) bond motifs is 1. The molecule has 0 radical (unpaired) electrons. The Morgan fingerprint density at radius 1 is 0.789 bits per heavy atom. The quantitative estimate of drug-likeness (QED) is 0.763. The van der Waals surface area contributed by atoms with E-state index in [4.69, 9.17) is 0 Å². The fourth-order valence-electron chi connectivity index (χ4n) is 2.13. The molecule has 0 aliphatic carbocycles. The van der Waals surface area contributed by atoms with Gasteiger partial charge in [-0.3, -0.25) is 9.59 Å². The van der Waals surface area contributed by atoms with Gasteiger partial charge in [0, 0.05) is 18.2 Å². The first-order chi connectivity index (χ1) is 9.08. The molecule has 0 fully saturated rings. The molecular formula is C14H9NO4. The molecule has 0 bridgehead atoms. The van der Waals surface area contributed by atoms with Crippen LogP contribution in [0.1, 0.15) is 20.7 Å². The molecule has 1 aliphatic heterocycles. The van der Waals surface area contributed by atoms with Crippen molar-refractivity contribution in [3.8, 4) is 11.5 Å². The van der Waals surface area contributed by atoms with Gasteiger partial charge in [0.25, 0.3) is 11.8 Å². The maximum Gasteiger partial charge on any atom is 0.266 e. The van der Waals surface area contributed by atoms with Crippen molar-refractivity contribution in [3.05, 3.63) is 53.6 Å². The Morgan fingerprint density at radius 2 is 1.26 bits per heavy atom. The zero-order valence-electron chi connectivity index (χ0n) is 9.70. The lowest BCUT2D eigenvalue weighted by Crippen LogP contribution is -2.29. The number of imide groups is 1. The molecule has 0 saturated heterocycles. The number of phenolic OH excluding ortho intramolecular Hbond substituents is 2. The van der Waals surface area contributed by atoms with Gasteiger partial charge in [-0.1, -0.05) is 12.1 Å². The van der Waals surface area contributed by atoms with Crippen LogP contribution in [0, 0.1) is 0 Å². The van der Waals surface area contributed by atoms with E-state index in [1.54, 1.807) is 24.3 Å². The average Bonchev–Trinajstić information content (AvgIpc) is 2.61. The second-order valence-electron chi connectivity index (χ2n) is 4.20. The molecule has 2 amide bonds. The summed E-state index contributed by atoms with van der Waals surface area (Å²) in [5.74, 6) is -1.37. The van der Waals surface area contributed by atoms with Gasteiger partial charge in [-0.05, 0) is 12.1 Å². The number of rotatable bonds is 1. The van der Waals surface area contributed by atoms with Gasteiger partial charge in [0.05, 0.1) is 16.8 Å². The summed E-state index contributed by atoms with van der Waals surface area (Å²) in [7, 11) is 0. The summed E-state index contributed by atoms with van der Waals surface area (Å²) in [6.07, 6.45) is 0. The third-order valence-electron chi connectivity index (χ3n) is 2.94. The number of carbonyl (C=O) groups excluding carboxylic acids is 2. The summed E-state index contributed by atoms with van der Waals surface area (Å²) in [5, 5.41) is 18.9. The number of aromatic hydroxyl groups is 2. The second-order valence-corrected chi connectivity index (χ2v) is 4.20. The van der Waals surface area contributed by atoms with Gasteiger partial charge < -0.3 is 10.2 Å². The largest absolute Gasteiger partial charge is 0.508 e. The molecule has 1 aliphatic rings. The smallest absolute Gasteiger partial charge is 0.266 e. The number of benzene rings is 2. The van der Waals surface area contributed by atoms with Crippen LogP contribution in [0.2, 0.25) is 0 Å². The van der Waals surface area contributed by atoms with E-state index in [9.17, 15) is 19.8 Å². The van der Waals surface area contributed by atoms with Gasteiger partial charge in [-0.2, -0.15) is 0 Å². The lowest BCUT2D eigenvalue weighted by molar-refractivity contribution is 0.0926. The van der Waals surface area contributed by atoms with E-state index >= 15 is 0 Å². The molecular weight excluding hydrogens is 246 g/mol. The van der Waals surface area contributed by atoms with Gasteiger partial charge in [-0.15, -0.1) is 0 Å². The van der Waals surface area contributed by atoms with Crippen molar-refractivity contribution in [3.63, 3.8) is 0 Å². The minimum Gasteiger partial charge on any atom is -0.508 e. The summed E-state index contributed by atoms with van der Waals surface area (Å²) in [6, 6.07) is 10.1. The summed E-state index contributed by atoms with van der Waals surface area (Å²) >= 11 is 0. The lowest BCUT2D eigenvalue weighted by atomic mass is 10.1. The minimum atomic E-state index is -0.467. The molecule has 2 aromatic rings. The normalized spacial score (nSPS) is 13.8. The minimum absolute atomic E-state index is 0.142. The highest BCUT2D eigenvalue weighted by molar-refractivity contribution is 6.34. The molecule has 5 nitrogen and oxygen atoms in total. The molecule has 94 valence electrons. The highest BCUT2D eigenvalue weighted by atomic mass is 16.3. The first kappa shape index (κ1) is 11.3. The summed E-state index contributed by atoms with van der Waals surface area (Å²) in [5.41, 5.74) is 0.773. The average molecular weight is 255 g/mol. The number of nitrogens with zero attached hydrogens (tertiary/aromatic N) is 1. The van der Waals surface area contributed by atoms with Crippen molar-refractivity contribution in [2.45, 2.75) is 0 Å². The fraction of sp³-hybridized carbons (Fsp3) is 0. The van der Waals surface area contributed by atoms with E-state index in [1.165, 1.54) is 12.1 Å². The first-order valence-corrected chi connectivity index (χ1v) is 5.59. The molecule has 2 aromatic carbocycles. The van der Waals surface area contributed by atoms with Crippen LogP contribution in [0.5, 0.6) is 11.5 Å². The Hall–Kier alpha value is -2.82. The highest BCUT2D eigenvalue weighted by Crippen LogP contribution is 2.32. The second kappa shape index (κ2) is 3.84. The summed E-state index contributed by atoms with van der Waals surface area (Å²) < 4.78 is 0. The number of anilines is 1. The summed E-state index contributed by atoms with van der Waals surface area (Å²) in [6.45, 7) is 0. The molecule has 0 unspecified atom stereocenters. The van der Waals surface area contributed by atoms with E-state index in [1.807, 2.05) is 0 Å². The molecule has 0 spiro atoms. The van der Waals surface area contributed by atoms with Crippen LogP contribution in [0.4, 0.5) is 5.69 Å².